The molecule has 0 spiro atoms. The zero-order valence-corrected chi connectivity index (χ0v) is 10.3. The summed E-state index contributed by atoms with van der Waals surface area (Å²) in [6, 6.07) is 3.81. The molecule has 2 N–H and O–H groups in total. The minimum absolute atomic E-state index is 0.595. The first kappa shape index (κ1) is 10.7. The molecule has 4 nitrogen and oxygen atoms in total. The zero-order chi connectivity index (χ0) is 10.7. The van der Waals surface area contributed by atoms with E-state index in [1.807, 2.05) is 12.1 Å². The summed E-state index contributed by atoms with van der Waals surface area (Å²) in [5.41, 5.74) is 6.28. The fourth-order valence-corrected chi connectivity index (χ4v) is 2.56. The van der Waals surface area contributed by atoms with Gasteiger partial charge in [0, 0.05) is 17.1 Å². The van der Waals surface area contributed by atoms with Gasteiger partial charge in [0.2, 0.25) is 0 Å². The summed E-state index contributed by atoms with van der Waals surface area (Å²) in [6.45, 7) is 0.595. The number of nitrogens with zero attached hydrogens (tertiary/aromatic N) is 3. The first-order valence-electron chi connectivity index (χ1n) is 4.44. The summed E-state index contributed by atoms with van der Waals surface area (Å²) < 4.78 is 0.931. The number of hydrogen-bond donors (Lipinski definition) is 1. The molecule has 2 rings (SSSR count). The molecule has 0 saturated heterocycles. The third kappa shape index (κ3) is 2.39. The highest BCUT2D eigenvalue weighted by Gasteiger charge is 2.09. The second-order valence-electron chi connectivity index (χ2n) is 2.87. The van der Waals surface area contributed by atoms with Gasteiger partial charge in [-0.1, -0.05) is 11.3 Å². The predicted octanol–water partition coefficient (Wildman–Crippen LogP) is 1.86. The monoisotopic (exact) mass is 284 g/mol. The van der Waals surface area contributed by atoms with Gasteiger partial charge < -0.3 is 5.73 Å². The molecule has 0 atom stereocenters. The van der Waals surface area contributed by atoms with E-state index in [1.54, 1.807) is 6.20 Å². The lowest BCUT2D eigenvalue weighted by molar-refractivity contribution is 0.912. The van der Waals surface area contributed by atoms with Gasteiger partial charge >= 0.3 is 0 Å². The Morgan fingerprint density at radius 1 is 1.40 bits per heavy atom. The van der Waals surface area contributed by atoms with Crippen LogP contribution in [0.3, 0.4) is 0 Å². The summed E-state index contributed by atoms with van der Waals surface area (Å²) in [7, 11) is 0. The van der Waals surface area contributed by atoms with Crippen LogP contribution in [0.15, 0.2) is 22.8 Å². The van der Waals surface area contributed by atoms with E-state index in [0.29, 0.717) is 6.54 Å². The van der Waals surface area contributed by atoms with Gasteiger partial charge in [0.05, 0.1) is 0 Å². The van der Waals surface area contributed by atoms with E-state index >= 15 is 0 Å². The molecule has 0 saturated carbocycles. The summed E-state index contributed by atoms with van der Waals surface area (Å²) in [4.78, 5) is 4.25. The lowest BCUT2D eigenvalue weighted by atomic mass is 10.4. The number of rotatable bonds is 3. The molecule has 2 aromatic rings. The Morgan fingerprint density at radius 3 is 3.00 bits per heavy atom. The van der Waals surface area contributed by atoms with Crippen molar-refractivity contribution in [2.45, 2.75) is 6.42 Å². The van der Waals surface area contributed by atoms with Crippen LogP contribution in [-0.2, 0) is 6.42 Å². The van der Waals surface area contributed by atoms with E-state index in [9.17, 15) is 0 Å². The molecule has 0 bridgehead atoms. The first-order chi connectivity index (χ1) is 7.31. The number of nitrogens with two attached hydrogens (primary N) is 1. The minimum Gasteiger partial charge on any atom is -0.330 e. The van der Waals surface area contributed by atoms with E-state index < -0.39 is 0 Å². The van der Waals surface area contributed by atoms with Crippen LogP contribution in [0.4, 0.5) is 0 Å². The Labute approximate surface area is 99.7 Å². The molecule has 2 aromatic heterocycles. The fourth-order valence-electron chi connectivity index (χ4n) is 1.12. The Morgan fingerprint density at radius 2 is 2.27 bits per heavy atom. The van der Waals surface area contributed by atoms with E-state index in [1.165, 1.54) is 11.3 Å². The minimum atomic E-state index is 0.595. The fraction of sp³-hybridized carbons (Fsp3) is 0.222. The van der Waals surface area contributed by atoms with Crippen molar-refractivity contribution in [1.29, 1.82) is 0 Å². The Hall–Kier alpha value is -0.850. The van der Waals surface area contributed by atoms with Crippen molar-refractivity contribution in [3.63, 3.8) is 0 Å². The molecule has 0 amide bonds. The van der Waals surface area contributed by atoms with Gasteiger partial charge in [-0.15, -0.1) is 10.2 Å². The van der Waals surface area contributed by atoms with E-state index in [0.717, 1.165) is 26.6 Å². The Balaban J connectivity index is 2.33. The highest BCUT2D eigenvalue weighted by molar-refractivity contribution is 9.10. The number of aromatic nitrogens is 3. The van der Waals surface area contributed by atoms with Crippen LogP contribution in [-0.4, -0.2) is 21.7 Å². The first-order valence-corrected chi connectivity index (χ1v) is 6.05. The molecule has 2 heterocycles. The van der Waals surface area contributed by atoms with Crippen LogP contribution in [0.25, 0.3) is 10.7 Å². The molecule has 0 aliphatic rings. The summed E-state index contributed by atoms with van der Waals surface area (Å²) in [5.74, 6) is 0. The van der Waals surface area contributed by atoms with Crippen molar-refractivity contribution in [1.82, 2.24) is 15.2 Å². The lowest BCUT2D eigenvalue weighted by Crippen LogP contribution is -2.01. The zero-order valence-electron chi connectivity index (χ0n) is 7.85. The standard InChI is InChI=1S/C9H9BrN4S/c10-6-2-1-5-12-8(6)9-14-13-7(15-9)3-4-11/h1-2,5H,3-4,11H2. The van der Waals surface area contributed by atoms with Crippen LogP contribution < -0.4 is 5.73 Å². The lowest BCUT2D eigenvalue weighted by Gasteiger charge is -1.96. The molecule has 6 heteroatoms. The second-order valence-corrected chi connectivity index (χ2v) is 4.79. The molecule has 0 unspecified atom stereocenters. The van der Waals surface area contributed by atoms with E-state index in [2.05, 4.69) is 31.1 Å². The van der Waals surface area contributed by atoms with Crippen molar-refractivity contribution < 1.29 is 0 Å². The maximum absolute atomic E-state index is 5.45. The van der Waals surface area contributed by atoms with Gasteiger partial charge in [0.1, 0.15) is 10.7 Å². The number of halogens is 1. The van der Waals surface area contributed by atoms with Crippen molar-refractivity contribution in [2.24, 2.45) is 5.73 Å². The molecular formula is C9H9BrN4S. The van der Waals surface area contributed by atoms with Crippen molar-refractivity contribution in [3.8, 4) is 10.7 Å². The molecule has 78 valence electrons. The van der Waals surface area contributed by atoms with Gasteiger partial charge in [0.25, 0.3) is 0 Å². The van der Waals surface area contributed by atoms with Crippen molar-refractivity contribution in [2.75, 3.05) is 6.54 Å². The topological polar surface area (TPSA) is 64.7 Å². The molecule has 0 aliphatic carbocycles. The highest BCUT2D eigenvalue weighted by atomic mass is 79.9. The molecule has 0 radical (unpaired) electrons. The second kappa shape index (κ2) is 4.78. The quantitative estimate of drug-likeness (QED) is 0.935. The summed E-state index contributed by atoms with van der Waals surface area (Å²) >= 11 is 4.96. The molecule has 0 aromatic carbocycles. The van der Waals surface area contributed by atoms with Crippen LogP contribution in [0.5, 0.6) is 0 Å². The average Bonchev–Trinajstić information content (AvgIpc) is 2.68. The third-order valence-electron chi connectivity index (χ3n) is 1.79. The van der Waals surface area contributed by atoms with Gasteiger partial charge in [-0.25, -0.2) is 0 Å². The van der Waals surface area contributed by atoms with Gasteiger partial charge in [0.15, 0.2) is 5.01 Å². The van der Waals surface area contributed by atoms with Gasteiger partial charge in [-0.3, -0.25) is 4.98 Å². The molecular weight excluding hydrogens is 276 g/mol. The highest BCUT2D eigenvalue weighted by Crippen LogP contribution is 2.27. The maximum atomic E-state index is 5.45. The Kier molecular flexibility index (Phi) is 3.40. The van der Waals surface area contributed by atoms with Crippen LogP contribution in [0.1, 0.15) is 5.01 Å². The third-order valence-corrected chi connectivity index (χ3v) is 3.42. The van der Waals surface area contributed by atoms with Crippen LogP contribution >= 0.6 is 27.3 Å². The summed E-state index contributed by atoms with van der Waals surface area (Å²) in [6.07, 6.45) is 2.51. The smallest absolute Gasteiger partial charge is 0.167 e. The van der Waals surface area contributed by atoms with E-state index in [4.69, 9.17) is 5.73 Å². The van der Waals surface area contributed by atoms with Crippen molar-refractivity contribution >= 4 is 27.3 Å². The van der Waals surface area contributed by atoms with E-state index in [-0.39, 0.29) is 0 Å². The van der Waals surface area contributed by atoms with Crippen LogP contribution in [0, 0.1) is 0 Å². The number of pyridine rings is 1. The van der Waals surface area contributed by atoms with Crippen molar-refractivity contribution in [3.05, 3.63) is 27.8 Å². The number of hydrogen-bond acceptors (Lipinski definition) is 5. The molecule has 0 aliphatic heterocycles. The van der Waals surface area contributed by atoms with Crippen LogP contribution in [0.2, 0.25) is 0 Å². The molecule has 15 heavy (non-hydrogen) atoms. The summed E-state index contributed by atoms with van der Waals surface area (Å²) in [5, 5.41) is 9.91. The molecule has 0 fully saturated rings. The maximum Gasteiger partial charge on any atom is 0.167 e. The normalized spacial score (nSPS) is 10.5. The Bertz CT molecular complexity index is 457. The predicted molar refractivity (Wildman–Crippen MR) is 63.6 cm³/mol. The van der Waals surface area contributed by atoms with Gasteiger partial charge in [-0.2, -0.15) is 0 Å². The van der Waals surface area contributed by atoms with Gasteiger partial charge in [-0.05, 0) is 34.6 Å². The average molecular weight is 285 g/mol. The SMILES string of the molecule is NCCc1nnc(-c2ncccc2Br)s1. The largest absolute Gasteiger partial charge is 0.330 e.